The summed E-state index contributed by atoms with van der Waals surface area (Å²) in [6.45, 7) is 2.84. The van der Waals surface area contributed by atoms with Crippen molar-refractivity contribution in [1.29, 1.82) is 0 Å². The maximum atomic E-state index is 10.9. The van der Waals surface area contributed by atoms with Crippen molar-refractivity contribution in [2.45, 2.75) is 57.1 Å². The number of anilines is 1. The summed E-state index contributed by atoms with van der Waals surface area (Å²) < 4.78 is 0. The van der Waals surface area contributed by atoms with Crippen molar-refractivity contribution in [2.24, 2.45) is 5.92 Å². The highest BCUT2D eigenvalue weighted by molar-refractivity contribution is 5.84. The van der Waals surface area contributed by atoms with Gasteiger partial charge < -0.3 is 15.1 Å². The molecule has 2 heterocycles. The molecule has 3 rings (SSSR count). The van der Waals surface area contributed by atoms with Crippen molar-refractivity contribution in [2.75, 3.05) is 11.4 Å². The van der Waals surface area contributed by atoms with Crippen LogP contribution in [0.3, 0.4) is 0 Å². The highest BCUT2D eigenvalue weighted by Gasteiger charge is 2.43. The first-order valence-corrected chi connectivity index (χ1v) is 8.03. The molecule has 1 aromatic rings. The summed E-state index contributed by atoms with van der Waals surface area (Å²) in [5.74, 6) is -0.106. The number of carboxylic acids is 1. The number of rotatable bonds is 3. The van der Waals surface area contributed by atoms with E-state index >= 15 is 0 Å². The van der Waals surface area contributed by atoms with Crippen LogP contribution < -0.4 is 4.90 Å². The molecule has 0 bridgehead atoms. The summed E-state index contributed by atoms with van der Waals surface area (Å²) in [7, 11) is 0. The maximum Gasteiger partial charge on any atom is 0.356 e. The summed E-state index contributed by atoms with van der Waals surface area (Å²) in [4.78, 5) is 21.3. The van der Waals surface area contributed by atoms with Gasteiger partial charge in [-0.2, -0.15) is 0 Å². The highest BCUT2D eigenvalue weighted by atomic mass is 16.4. The van der Waals surface area contributed by atoms with Gasteiger partial charge in [-0.1, -0.05) is 12.8 Å². The SMILES string of the molecule is CC1(O)CCCCC1C1CCCN1c1cnc(C(=O)O)cn1. The molecule has 1 saturated carbocycles. The van der Waals surface area contributed by atoms with E-state index in [1.807, 2.05) is 6.92 Å². The van der Waals surface area contributed by atoms with E-state index < -0.39 is 11.6 Å². The van der Waals surface area contributed by atoms with Crippen molar-refractivity contribution in [1.82, 2.24) is 9.97 Å². The van der Waals surface area contributed by atoms with E-state index in [0.717, 1.165) is 45.1 Å². The van der Waals surface area contributed by atoms with Crippen LogP contribution in [0.2, 0.25) is 0 Å². The Morgan fingerprint density at radius 1 is 1.27 bits per heavy atom. The van der Waals surface area contributed by atoms with E-state index in [1.165, 1.54) is 6.20 Å². The van der Waals surface area contributed by atoms with E-state index in [2.05, 4.69) is 14.9 Å². The fourth-order valence-corrected chi connectivity index (χ4v) is 4.03. The predicted octanol–water partition coefficient (Wildman–Crippen LogP) is 2.08. The Morgan fingerprint density at radius 3 is 2.73 bits per heavy atom. The van der Waals surface area contributed by atoms with Crippen LogP contribution in [0.15, 0.2) is 12.4 Å². The highest BCUT2D eigenvalue weighted by Crippen LogP contribution is 2.41. The van der Waals surface area contributed by atoms with Crippen LogP contribution in [0, 0.1) is 5.92 Å². The second kappa shape index (κ2) is 5.83. The molecule has 6 nitrogen and oxygen atoms in total. The van der Waals surface area contributed by atoms with Gasteiger partial charge in [-0.05, 0) is 32.6 Å². The zero-order valence-corrected chi connectivity index (χ0v) is 12.9. The number of aliphatic hydroxyl groups is 1. The van der Waals surface area contributed by atoms with Gasteiger partial charge in [-0.15, -0.1) is 0 Å². The summed E-state index contributed by atoms with van der Waals surface area (Å²) >= 11 is 0. The van der Waals surface area contributed by atoms with Crippen LogP contribution in [0.4, 0.5) is 5.82 Å². The number of carbonyl (C=O) groups is 1. The Morgan fingerprint density at radius 2 is 2.09 bits per heavy atom. The van der Waals surface area contributed by atoms with Gasteiger partial charge in [0.2, 0.25) is 0 Å². The van der Waals surface area contributed by atoms with Gasteiger partial charge in [0.25, 0.3) is 0 Å². The monoisotopic (exact) mass is 305 g/mol. The van der Waals surface area contributed by atoms with Crippen LogP contribution in [-0.2, 0) is 0 Å². The number of nitrogens with zero attached hydrogens (tertiary/aromatic N) is 3. The normalized spacial score (nSPS) is 32.2. The molecular formula is C16H23N3O3. The zero-order chi connectivity index (χ0) is 15.7. The topological polar surface area (TPSA) is 86.5 Å². The number of carboxylic acid groups (broad SMARTS) is 1. The minimum Gasteiger partial charge on any atom is -0.476 e. The lowest BCUT2D eigenvalue weighted by atomic mass is 9.72. The van der Waals surface area contributed by atoms with Crippen LogP contribution in [0.5, 0.6) is 0 Å². The van der Waals surface area contributed by atoms with E-state index in [-0.39, 0.29) is 17.7 Å². The Hall–Kier alpha value is -1.69. The first-order chi connectivity index (χ1) is 10.5. The van der Waals surface area contributed by atoms with Crippen molar-refractivity contribution in [3.8, 4) is 0 Å². The number of hydrogen-bond acceptors (Lipinski definition) is 5. The lowest BCUT2D eigenvalue weighted by Crippen LogP contribution is -2.49. The molecule has 1 aromatic heterocycles. The van der Waals surface area contributed by atoms with Gasteiger partial charge in [0.05, 0.1) is 18.0 Å². The number of hydrogen-bond donors (Lipinski definition) is 2. The lowest BCUT2D eigenvalue weighted by molar-refractivity contribution is -0.0411. The molecule has 2 fully saturated rings. The number of aromatic carboxylic acids is 1. The smallest absolute Gasteiger partial charge is 0.356 e. The fraction of sp³-hybridized carbons (Fsp3) is 0.688. The summed E-state index contributed by atoms with van der Waals surface area (Å²) in [5, 5.41) is 19.7. The molecule has 3 atom stereocenters. The molecule has 1 saturated heterocycles. The molecule has 2 aliphatic rings. The Balaban J connectivity index is 1.82. The van der Waals surface area contributed by atoms with Crippen LogP contribution in [-0.4, -0.2) is 44.3 Å². The molecule has 1 aliphatic heterocycles. The molecule has 1 aliphatic carbocycles. The van der Waals surface area contributed by atoms with E-state index in [0.29, 0.717) is 5.82 Å². The van der Waals surface area contributed by atoms with Gasteiger partial charge in [0.1, 0.15) is 5.82 Å². The molecule has 0 radical (unpaired) electrons. The van der Waals surface area contributed by atoms with Gasteiger partial charge in [-0.3, -0.25) is 0 Å². The molecule has 120 valence electrons. The third-order valence-corrected chi connectivity index (χ3v) is 5.16. The van der Waals surface area contributed by atoms with Crippen molar-refractivity contribution >= 4 is 11.8 Å². The third kappa shape index (κ3) is 2.79. The van der Waals surface area contributed by atoms with Gasteiger partial charge in [0.15, 0.2) is 5.69 Å². The number of aromatic nitrogens is 2. The summed E-state index contributed by atoms with van der Waals surface area (Å²) in [6, 6.07) is 0.264. The largest absolute Gasteiger partial charge is 0.476 e. The van der Waals surface area contributed by atoms with Crippen LogP contribution in [0.1, 0.15) is 55.9 Å². The standard InChI is InChI=1S/C16H23N3O3/c1-16(22)7-3-2-5-11(16)13-6-4-8-19(13)14-10-17-12(9-18-14)15(20)21/h9-11,13,22H,2-8H2,1H3,(H,20,21). The minimum absolute atomic E-state index is 0.0378. The maximum absolute atomic E-state index is 10.9. The molecule has 6 heteroatoms. The summed E-state index contributed by atoms with van der Waals surface area (Å²) in [5.41, 5.74) is -0.663. The second-order valence-electron chi connectivity index (χ2n) is 6.68. The van der Waals surface area contributed by atoms with Crippen molar-refractivity contribution < 1.29 is 15.0 Å². The third-order valence-electron chi connectivity index (χ3n) is 5.16. The average molecular weight is 305 g/mol. The molecule has 3 unspecified atom stereocenters. The predicted molar refractivity (Wildman–Crippen MR) is 81.9 cm³/mol. The van der Waals surface area contributed by atoms with Crippen LogP contribution >= 0.6 is 0 Å². The van der Waals surface area contributed by atoms with Gasteiger partial charge in [0, 0.05) is 18.5 Å². The Kier molecular flexibility index (Phi) is 4.04. The van der Waals surface area contributed by atoms with E-state index in [1.54, 1.807) is 6.20 Å². The molecule has 22 heavy (non-hydrogen) atoms. The van der Waals surface area contributed by atoms with Gasteiger partial charge in [-0.25, -0.2) is 14.8 Å². The Bertz CT molecular complexity index is 544. The molecular weight excluding hydrogens is 282 g/mol. The minimum atomic E-state index is -1.06. The first-order valence-electron chi connectivity index (χ1n) is 8.03. The Labute approximate surface area is 130 Å². The van der Waals surface area contributed by atoms with Crippen LogP contribution in [0.25, 0.3) is 0 Å². The average Bonchev–Trinajstić information content (AvgIpc) is 2.96. The van der Waals surface area contributed by atoms with Gasteiger partial charge >= 0.3 is 5.97 Å². The molecule has 0 spiro atoms. The quantitative estimate of drug-likeness (QED) is 0.889. The first kappa shape index (κ1) is 15.2. The molecule has 2 N–H and O–H groups in total. The fourth-order valence-electron chi connectivity index (χ4n) is 4.03. The van der Waals surface area contributed by atoms with E-state index in [9.17, 15) is 9.90 Å². The van der Waals surface area contributed by atoms with E-state index in [4.69, 9.17) is 5.11 Å². The zero-order valence-electron chi connectivity index (χ0n) is 12.9. The summed E-state index contributed by atoms with van der Waals surface area (Å²) in [6.07, 6.45) is 9.10. The van der Waals surface area contributed by atoms with Crippen molar-refractivity contribution in [3.63, 3.8) is 0 Å². The molecule has 0 aromatic carbocycles. The molecule has 0 amide bonds. The lowest BCUT2D eigenvalue weighted by Gasteiger charge is -2.43. The second-order valence-corrected chi connectivity index (χ2v) is 6.68. The van der Waals surface area contributed by atoms with Crippen molar-refractivity contribution in [3.05, 3.63) is 18.1 Å².